The van der Waals surface area contributed by atoms with E-state index in [1.54, 1.807) is 0 Å². The van der Waals surface area contributed by atoms with E-state index >= 15 is 0 Å². The summed E-state index contributed by atoms with van der Waals surface area (Å²) in [5.41, 5.74) is 1.69. The van der Waals surface area contributed by atoms with Crippen LogP contribution in [-0.4, -0.2) is 17.4 Å². The number of hydrogen-bond donors (Lipinski definition) is 1. The summed E-state index contributed by atoms with van der Waals surface area (Å²) in [5, 5.41) is 9.73. The first-order valence-corrected chi connectivity index (χ1v) is 5.08. The average Bonchev–Trinajstić information content (AvgIpc) is 2.84. The Balaban J connectivity index is 2.06. The largest absolute Gasteiger partial charge is 0.390 e. The highest BCUT2D eigenvalue weighted by atomic mass is 19.1. The van der Waals surface area contributed by atoms with E-state index in [-0.39, 0.29) is 6.67 Å². The van der Waals surface area contributed by atoms with E-state index < -0.39 is 5.60 Å². The number of aliphatic hydroxyl groups is 1. The van der Waals surface area contributed by atoms with Gasteiger partial charge in [-0.2, -0.15) is 0 Å². The highest BCUT2D eigenvalue weighted by Gasteiger charge is 2.39. The molecule has 1 N–H and O–H groups in total. The highest BCUT2D eigenvalue weighted by Crippen LogP contribution is 2.38. The van der Waals surface area contributed by atoms with Crippen molar-refractivity contribution >= 4 is 0 Å². The molecule has 0 saturated heterocycles. The number of alkyl halides is 1. The lowest BCUT2D eigenvalue weighted by Crippen LogP contribution is -2.10. The van der Waals surface area contributed by atoms with E-state index in [9.17, 15) is 9.50 Å². The zero-order chi connectivity index (χ0) is 10.0. The van der Waals surface area contributed by atoms with Gasteiger partial charge < -0.3 is 5.11 Å². The Morgan fingerprint density at radius 2 is 2.00 bits per heavy atom. The first-order chi connectivity index (χ1) is 6.72. The van der Waals surface area contributed by atoms with Crippen LogP contribution in [0.25, 0.3) is 0 Å². The summed E-state index contributed by atoms with van der Waals surface area (Å²) in [6.07, 6.45) is 3.00. The number of aryl methyl sites for hydroxylation is 1. The summed E-state index contributed by atoms with van der Waals surface area (Å²) in [7, 11) is 0. The van der Waals surface area contributed by atoms with Crippen molar-refractivity contribution in [1.29, 1.82) is 0 Å². The van der Waals surface area contributed by atoms with Crippen LogP contribution < -0.4 is 0 Å². The van der Waals surface area contributed by atoms with E-state index in [1.807, 2.05) is 24.3 Å². The van der Waals surface area contributed by atoms with Crippen molar-refractivity contribution in [2.75, 3.05) is 6.67 Å². The van der Waals surface area contributed by atoms with Crippen LogP contribution in [0.3, 0.4) is 0 Å². The summed E-state index contributed by atoms with van der Waals surface area (Å²) in [4.78, 5) is 0. The van der Waals surface area contributed by atoms with Gasteiger partial charge in [0.05, 0.1) is 12.3 Å². The molecule has 1 aromatic rings. The number of rotatable bonds is 4. The molecule has 1 nitrogen and oxygen atoms in total. The van der Waals surface area contributed by atoms with Gasteiger partial charge in [0.25, 0.3) is 0 Å². The third-order valence-corrected chi connectivity index (χ3v) is 2.73. The van der Waals surface area contributed by atoms with Gasteiger partial charge in [0.1, 0.15) is 0 Å². The molecule has 0 aromatic heterocycles. The van der Waals surface area contributed by atoms with Gasteiger partial charge in [-0.1, -0.05) is 24.3 Å². The monoisotopic (exact) mass is 194 g/mol. The van der Waals surface area contributed by atoms with Gasteiger partial charge in [-0.25, -0.2) is 0 Å². The molecule has 14 heavy (non-hydrogen) atoms. The molecule has 0 amide bonds. The standard InChI is InChI=1S/C12H15FO/c13-7-4-10-2-1-3-11(8-10)9-12(14)5-6-12/h1-3,8,14H,4-7,9H2. The van der Waals surface area contributed by atoms with Crippen molar-refractivity contribution in [3.8, 4) is 0 Å². The number of benzene rings is 1. The maximum atomic E-state index is 12.1. The van der Waals surface area contributed by atoms with E-state index in [4.69, 9.17) is 0 Å². The van der Waals surface area contributed by atoms with Gasteiger partial charge in [-0.05, 0) is 24.0 Å². The summed E-state index contributed by atoms with van der Waals surface area (Å²) >= 11 is 0. The minimum Gasteiger partial charge on any atom is -0.390 e. The first-order valence-electron chi connectivity index (χ1n) is 5.08. The molecule has 0 radical (unpaired) electrons. The van der Waals surface area contributed by atoms with Crippen LogP contribution in [0, 0.1) is 0 Å². The van der Waals surface area contributed by atoms with E-state index in [0.29, 0.717) is 12.8 Å². The molecule has 0 atom stereocenters. The molecule has 0 heterocycles. The normalized spacial score (nSPS) is 18.1. The molecule has 1 aromatic carbocycles. The van der Waals surface area contributed by atoms with Gasteiger partial charge in [0, 0.05) is 12.8 Å². The molecule has 0 aliphatic heterocycles. The molecule has 1 aliphatic rings. The topological polar surface area (TPSA) is 20.2 Å². The van der Waals surface area contributed by atoms with Crippen molar-refractivity contribution in [2.45, 2.75) is 31.3 Å². The SMILES string of the molecule is OC1(Cc2cccc(CCF)c2)CC1. The number of halogens is 1. The Morgan fingerprint density at radius 3 is 2.64 bits per heavy atom. The second kappa shape index (κ2) is 3.70. The Bertz CT molecular complexity index is 318. The zero-order valence-electron chi connectivity index (χ0n) is 8.17. The molecular formula is C12H15FO. The van der Waals surface area contributed by atoms with Crippen LogP contribution in [0.5, 0.6) is 0 Å². The number of hydrogen-bond acceptors (Lipinski definition) is 1. The Hall–Kier alpha value is -0.890. The molecular weight excluding hydrogens is 179 g/mol. The van der Waals surface area contributed by atoms with Gasteiger partial charge in [0.2, 0.25) is 0 Å². The molecule has 0 unspecified atom stereocenters. The smallest absolute Gasteiger partial charge is 0.0934 e. The fourth-order valence-corrected chi connectivity index (χ4v) is 1.71. The van der Waals surface area contributed by atoms with E-state index in [0.717, 1.165) is 24.0 Å². The second-order valence-electron chi connectivity index (χ2n) is 4.16. The van der Waals surface area contributed by atoms with Gasteiger partial charge in [-0.15, -0.1) is 0 Å². The predicted molar refractivity (Wildman–Crippen MR) is 54.0 cm³/mol. The minimum atomic E-state index is -0.450. The molecule has 76 valence electrons. The van der Waals surface area contributed by atoms with Crippen LogP contribution in [0.15, 0.2) is 24.3 Å². The lowest BCUT2D eigenvalue weighted by Gasteiger charge is -2.08. The highest BCUT2D eigenvalue weighted by molar-refractivity contribution is 5.26. The fourth-order valence-electron chi connectivity index (χ4n) is 1.71. The maximum Gasteiger partial charge on any atom is 0.0934 e. The van der Waals surface area contributed by atoms with Gasteiger partial charge in [0.15, 0.2) is 0 Å². The third kappa shape index (κ3) is 2.32. The minimum absolute atomic E-state index is 0.312. The van der Waals surface area contributed by atoms with Gasteiger partial charge >= 0.3 is 0 Å². The Labute approximate surface area is 83.6 Å². The molecule has 1 aliphatic carbocycles. The van der Waals surface area contributed by atoms with Crippen LogP contribution in [0.2, 0.25) is 0 Å². The fraction of sp³-hybridized carbons (Fsp3) is 0.500. The molecule has 1 saturated carbocycles. The first kappa shape index (κ1) is 9.66. The molecule has 2 rings (SSSR count). The zero-order valence-corrected chi connectivity index (χ0v) is 8.17. The van der Waals surface area contributed by atoms with Crippen molar-refractivity contribution in [3.63, 3.8) is 0 Å². The van der Waals surface area contributed by atoms with E-state index in [1.165, 1.54) is 0 Å². The van der Waals surface area contributed by atoms with Crippen LogP contribution in [-0.2, 0) is 12.8 Å². The van der Waals surface area contributed by atoms with E-state index in [2.05, 4.69) is 0 Å². The summed E-state index contributed by atoms with van der Waals surface area (Å²) < 4.78 is 12.1. The van der Waals surface area contributed by atoms with Crippen molar-refractivity contribution in [3.05, 3.63) is 35.4 Å². The maximum absolute atomic E-state index is 12.1. The lowest BCUT2D eigenvalue weighted by atomic mass is 10.0. The van der Waals surface area contributed by atoms with Crippen molar-refractivity contribution < 1.29 is 9.50 Å². The Morgan fingerprint density at radius 1 is 1.29 bits per heavy atom. The van der Waals surface area contributed by atoms with Crippen LogP contribution >= 0.6 is 0 Å². The third-order valence-electron chi connectivity index (χ3n) is 2.73. The van der Waals surface area contributed by atoms with Gasteiger partial charge in [-0.3, -0.25) is 4.39 Å². The molecule has 2 heteroatoms. The Kier molecular flexibility index (Phi) is 2.55. The molecule has 1 fully saturated rings. The quantitative estimate of drug-likeness (QED) is 0.779. The second-order valence-corrected chi connectivity index (χ2v) is 4.16. The molecule has 0 bridgehead atoms. The van der Waals surface area contributed by atoms with Crippen molar-refractivity contribution in [1.82, 2.24) is 0 Å². The summed E-state index contributed by atoms with van der Waals surface area (Å²) in [6, 6.07) is 7.86. The van der Waals surface area contributed by atoms with Crippen molar-refractivity contribution in [2.24, 2.45) is 0 Å². The molecule has 0 spiro atoms. The summed E-state index contributed by atoms with van der Waals surface area (Å²) in [6.45, 7) is -0.312. The lowest BCUT2D eigenvalue weighted by molar-refractivity contribution is 0.151. The van der Waals surface area contributed by atoms with Crippen LogP contribution in [0.4, 0.5) is 4.39 Å². The van der Waals surface area contributed by atoms with Crippen LogP contribution in [0.1, 0.15) is 24.0 Å². The average molecular weight is 194 g/mol. The summed E-state index contributed by atoms with van der Waals surface area (Å²) in [5.74, 6) is 0. The predicted octanol–water partition coefficient (Wildman–Crippen LogP) is 2.27.